The maximum atomic E-state index is 12.8. The summed E-state index contributed by atoms with van der Waals surface area (Å²) in [5.41, 5.74) is 6.61. The molecule has 0 aliphatic heterocycles. The Labute approximate surface area is 143 Å². The lowest BCUT2D eigenvalue weighted by Gasteiger charge is -2.26. The summed E-state index contributed by atoms with van der Waals surface area (Å²) >= 11 is 0. The Hall–Kier alpha value is -2.19. The normalized spacial score (nSPS) is 19.1. The van der Waals surface area contributed by atoms with Crippen LogP contribution in [0.5, 0.6) is 0 Å². The third-order valence-corrected chi connectivity index (χ3v) is 5.19. The van der Waals surface area contributed by atoms with Crippen LogP contribution in [-0.2, 0) is 16.1 Å². The molecule has 0 bridgehead atoms. The zero-order chi connectivity index (χ0) is 16.4. The molecule has 24 heavy (non-hydrogen) atoms. The van der Waals surface area contributed by atoms with Gasteiger partial charge in [-0.15, -0.1) is 0 Å². The van der Waals surface area contributed by atoms with E-state index in [2.05, 4.69) is 18.2 Å². The molecule has 2 aliphatic carbocycles. The fraction of sp³-hybridized carbons (Fsp3) is 0.318. The van der Waals surface area contributed by atoms with Gasteiger partial charge in [-0.2, -0.15) is 0 Å². The van der Waals surface area contributed by atoms with Crippen molar-refractivity contribution in [3.05, 3.63) is 76.9 Å². The topological polar surface area (TPSA) is 26.3 Å². The van der Waals surface area contributed by atoms with Crippen LogP contribution in [0, 0.1) is 0 Å². The van der Waals surface area contributed by atoms with Crippen LogP contribution >= 0.6 is 0 Å². The highest BCUT2D eigenvalue weighted by Gasteiger charge is 2.32. The van der Waals surface area contributed by atoms with E-state index >= 15 is 0 Å². The zero-order valence-corrected chi connectivity index (χ0v) is 13.8. The Balaban J connectivity index is 1.47. The number of rotatable bonds is 5. The number of ether oxygens (including phenoxy) is 1. The fourth-order valence-corrected chi connectivity index (χ4v) is 4.02. The van der Waals surface area contributed by atoms with Crippen molar-refractivity contribution in [1.29, 1.82) is 0 Å². The molecule has 2 aliphatic rings. The number of allylic oxidation sites excluding steroid dienone is 2. The zero-order valence-electron chi connectivity index (χ0n) is 13.8. The van der Waals surface area contributed by atoms with Crippen molar-refractivity contribution in [2.75, 3.05) is 6.61 Å². The highest BCUT2D eigenvalue weighted by Crippen LogP contribution is 2.46. The molecular formula is C22H22O2. The molecule has 4 rings (SSSR count). The molecule has 0 saturated carbocycles. The van der Waals surface area contributed by atoms with Gasteiger partial charge in [-0.3, -0.25) is 4.79 Å². The average molecular weight is 318 g/mol. The van der Waals surface area contributed by atoms with Crippen molar-refractivity contribution in [3.8, 4) is 0 Å². The largest absolute Gasteiger partial charge is 0.369 e. The Morgan fingerprint density at radius 2 is 1.79 bits per heavy atom. The van der Waals surface area contributed by atoms with Gasteiger partial charge >= 0.3 is 0 Å². The Morgan fingerprint density at radius 3 is 2.67 bits per heavy atom. The minimum Gasteiger partial charge on any atom is -0.369 e. The second-order valence-corrected chi connectivity index (χ2v) is 6.72. The minimum absolute atomic E-state index is 0.0335. The molecule has 0 amide bonds. The summed E-state index contributed by atoms with van der Waals surface area (Å²) in [5.74, 6) is 0.172. The molecule has 0 saturated heterocycles. The van der Waals surface area contributed by atoms with E-state index in [0.29, 0.717) is 6.61 Å². The molecule has 0 radical (unpaired) electrons. The van der Waals surface area contributed by atoms with Crippen molar-refractivity contribution in [2.24, 2.45) is 0 Å². The van der Waals surface area contributed by atoms with Crippen molar-refractivity contribution >= 4 is 11.4 Å². The molecule has 0 spiro atoms. The number of fused-ring (bicyclic) bond motifs is 2. The molecule has 0 N–H and O–H groups in total. The second kappa shape index (κ2) is 6.74. The van der Waals surface area contributed by atoms with E-state index in [-0.39, 0.29) is 18.3 Å². The van der Waals surface area contributed by atoms with Crippen LogP contribution in [-0.4, -0.2) is 12.4 Å². The lowest BCUT2D eigenvalue weighted by Crippen LogP contribution is -2.22. The van der Waals surface area contributed by atoms with Crippen molar-refractivity contribution < 1.29 is 9.53 Å². The highest BCUT2D eigenvalue weighted by molar-refractivity contribution is 5.91. The predicted octanol–water partition coefficient (Wildman–Crippen LogP) is 4.90. The van der Waals surface area contributed by atoms with Crippen LogP contribution in [0.3, 0.4) is 0 Å². The predicted molar refractivity (Wildman–Crippen MR) is 95.7 cm³/mol. The van der Waals surface area contributed by atoms with Crippen molar-refractivity contribution in [1.82, 2.24) is 0 Å². The molecular weight excluding hydrogens is 296 g/mol. The number of ketones is 1. The third kappa shape index (κ3) is 2.94. The van der Waals surface area contributed by atoms with Gasteiger partial charge in [-0.05, 0) is 47.9 Å². The van der Waals surface area contributed by atoms with Gasteiger partial charge < -0.3 is 4.74 Å². The summed E-state index contributed by atoms with van der Waals surface area (Å²) in [6, 6.07) is 18.5. The number of hydrogen-bond donors (Lipinski definition) is 0. The van der Waals surface area contributed by atoms with Gasteiger partial charge in [-0.25, -0.2) is 0 Å². The van der Waals surface area contributed by atoms with E-state index in [0.717, 1.165) is 24.8 Å². The Kier molecular flexibility index (Phi) is 4.31. The molecule has 0 heterocycles. The first-order chi connectivity index (χ1) is 11.8. The minimum atomic E-state index is -0.0335. The van der Waals surface area contributed by atoms with Gasteiger partial charge in [0, 0.05) is 5.92 Å². The summed E-state index contributed by atoms with van der Waals surface area (Å²) < 4.78 is 5.70. The van der Waals surface area contributed by atoms with Crippen LogP contribution in [0.2, 0.25) is 0 Å². The number of Topliss-reactive ketones (excluding diaryl/α,β-unsaturated/α-hetero) is 1. The molecule has 2 aromatic carbocycles. The van der Waals surface area contributed by atoms with Gasteiger partial charge in [0.05, 0.1) is 6.61 Å². The first-order valence-electron chi connectivity index (χ1n) is 8.77. The first kappa shape index (κ1) is 15.3. The second-order valence-electron chi connectivity index (χ2n) is 6.72. The fourth-order valence-electron chi connectivity index (χ4n) is 4.02. The molecule has 1 atom stereocenters. The lowest BCUT2D eigenvalue weighted by atomic mass is 9.78. The summed E-state index contributed by atoms with van der Waals surface area (Å²) in [4.78, 5) is 12.8. The van der Waals surface area contributed by atoms with E-state index in [1.165, 1.54) is 28.7 Å². The Bertz CT molecular complexity index is 774. The average Bonchev–Trinajstić information content (AvgIpc) is 3.11. The van der Waals surface area contributed by atoms with E-state index in [4.69, 9.17) is 4.74 Å². The molecule has 1 unspecified atom stereocenters. The van der Waals surface area contributed by atoms with Crippen LogP contribution < -0.4 is 0 Å². The summed E-state index contributed by atoms with van der Waals surface area (Å²) in [6.45, 7) is 0.686. The molecule has 2 nitrogen and oxygen atoms in total. The maximum absolute atomic E-state index is 12.8. The summed E-state index contributed by atoms with van der Waals surface area (Å²) in [7, 11) is 0. The van der Waals surface area contributed by atoms with E-state index in [9.17, 15) is 4.79 Å². The maximum Gasteiger partial charge on any atom is 0.166 e. The SMILES string of the molecule is O=C(COCc1ccccc1)C1CC2=C(CCC2)c2ccccc21. The summed E-state index contributed by atoms with van der Waals surface area (Å²) in [5, 5.41) is 0. The van der Waals surface area contributed by atoms with Gasteiger partial charge in [0.25, 0.3) is 0 Å². The smallest absolute Gasteiger partial charge is 0.166 e. The number of hydrogen-bond acceptors (Lipinski definition) is 2. The summed E-state index contributed by atoms with van der Waals surface area (Å²) in [6.07, 6.45) is 4.43. The molecule has 2 heteroatoms. The number of benzene rings is 2. The van der Waals surface area contributed by atoms with Gasteiger partial charge in [-0.1, -0.05) is 60.2 Å². The monoisotopic (exact) mass is 318 g/mol. The quantitative estimate of drug-likeness (QED) is 0.784. The van der Waals surface area contributed by atoms with E-state index < -0.39 is 0 Å². The molecule has 0 aromatic heterocycles. The van der Waals surface area contributed by atoms with Crippen LogP contribution in [0.4, 0.5) is 0 Å². The number of carbonyl (C=O) groups is 1. The number of carbonyl (C=O) groups excluding carboxylic acids is 1. The van der Waals surface area contributed by atoms with E-state index in [1.54, 1.807) is 0 Å². The van der Waals surface area contributed by atoms with Crippen molar-refractivity contribution in [3.63, 3.8) is 0 Å². The van der Waals surface area contributed by atoms with Crippen LogP contribution in [0.15, 0.2) is 60.2 Å². The van der Waals surface area contributed by atoms with Gasteiger partial charge in [0.1, 0.15) is 6.61 Å². The molecule has 122 valence electrons. The van der Waals surface area contributed by atoms with Crippen LogP contribution in [0.25, 0.3) is 5.57 Å². The lowest BCUT2D eigenvalue weighted by molar-refractivity contribution is -0.125. The Morgan fingerprint density at radius 1 is 1.00 bits per heavy atom. The van der Waals surface area contributed by atoms with Gasteiger partial charge in [0.15, 0.2) is 5.78 Å². The molecule has 0 fully saturated rings. The third-order valence-electron chi connectivity index (χ3n) is 5.19. The molecule has 2 aromatic rings. The van der Waals surface area contributed by atoms with Crippen molar-refractivity contribution in [2.45, 2.75) is 38.2 Å². The van der Waals surface area contributed by atoms with Crippen LogP contribution in [0.1, 0.15) is 48.3 Å². The van der Waals surface area contributed by atoms with E-state index in [1.807, 2.05) is 36.4 Å². The standard InChI is InChI=1S/C22H22O2/c23-22(15-24-14-16-7-2-1-3-8-16)21-13-17-9-6-12-18(17)19-10-4-5-11-20(19)21/h1-5,7-8,10-11,21H,6,9,12-15H2. The highest BCUT2D eigenvalue weighted by atomic mass is 16.5. The van der Waals surface area contributed by atoms with Gasteiger partial charge in [0.2, 0.25) is 0 Å². The first-order valence-corrected chi connectivity index (χ1v) is 8.77.